The van der Waals surface area contributed by atoms with Crippen LogP contribution in [0.3, 0.4) is 0 Å². The summed E-state index contributed by atoms with van der Waals surface area (Å²) in [6.45, 7) is 3.03. The average molecular weight is 732 g/mol. The molecule has 12 heteroatoms. The second-order valence-electron chi connectivity index (χ2n) is 13.7. The number of unbranched alkanes of at least 4 members (excludes halogenated alkanes) is 1. The van der Waals surface area contributed by atoms with Crippen molar-refractivity contribution in [2.75, 3.05) is 19.7 Å². The molecule has 2 saturated carbocycles. The summed E-state index contributed by atoms with van der Waals surface area (Å²) in [6.07, 6.45) is 3.03. The van der Waals surface area contributed by atoms with Gasteiger partial charge in [-0.15, -0.1) is 0 Å². The molecule has 5 N–H and O–H groups in total. The maximum Gasteiger partial charge on any atom is 0.225 e. The zero-order valence-corrected chi connectivity index (χ0v) is 30.1. The minimum atomic E-state index is -1.76. The first-order chi connectivity index (χ1) is 23.9. The Morgan fingerprint density at radius 1 is 0.960 bits per heavy atom. The van der Waals surface area contributed by atoms with Gasteiger partial charge in [-0.3, -0.25) is 9.78 Å². The summed E-state index contributed by atoms with van der Waals surface area (Å²) in [7, 11) is 0. The maximum atomic E-state index is 12.9. The molecule has 0 radical (unpaired) electrons. The smallest absolute Gasteiger partial charge is 0.225 e. The van der Waals surface area contributed by atoms with Gasteiger partial charge in [0.05, 0.1) is 24.9 Å². The molecule has 0 spiro atoms. The van der Waals surface area contributed by atoms with Crippen LogP contribution in [0, 0.1) is 5.92 Å². The number of rotatable bonds is 19. The highest BCUT2D eigenvalue weighted by Crippen LogP contribution is 2.53. The van der Waals surface area contributed by atoms with Crippen molar-refractivity contribution in [2.24, 2.45) is 5.92 Å². The molecule has 2 aliphatic carbocycles. The molecule has 3 aromatic rings. The van der Waals surface area contributed by atoms with Gasteiger partial charge in [0.25, 0.3) is 0 Å². The van der Waals surface area contributed by atoms with Crippen molar-refractivity contribution in [3.05, 3.63) is 81.6 Å². The van der Waals surface area contributed by atoms with Crippen LogP contribution < -0.4 is 4.74 Å². The third-order valence-electron chi connectivity index (χ3n) is 9.39. The Labute approximate surface area is 303 Å². The Balaban J connectivity index is 1.18. The fourth-order valence-electron chi connectivity index (χ4n) is 6.07. The molecule has 0 aliphatic heterocycles. The minimum absolute atomic E-state index is 0.221. The molecule has 1 heterocycles. The van der Waals surface area contributed by atoms with Gasteiger partial charge in [-0.05, 0) is 85.9 Å². The van der Waals surface area contributed by atoms with Crippen molar-refractivity contribution in [2.45, 2.75) is 102 Å². The van der Waals surface area contributed by atoms with E-state index in [9.17, 15) is 25.2 Å². The van der Waals surface area contributed by atoms with Crippen LogP contribution in [0.5, 0.6) is 5.75 Å². The van der Waals surface area contributed by atoms with Crippen LogP contribution in [-0.2, 0) is 28.2 Å². The van der Waals surface area contributed by atoms with Crippen molar-refractivity contribution in [3.63, 3.8) is 0 Å². The first kappa shape index (κ1) is 38.4. The molecule has 2 aromatic carbocycles. The fourth-order valence-corrected chi connectivity index (χ4v) is 6.60. The third-order valence-corrected chi connectivity index (χ3v) is 10.1. The number of nitrogens with zero attached hydrogens (tertiary/aromatic N) is 2. The van der Waals surface area contributed by atoms with Crippen LogP contribution in [0.15, 0.2) is 54.9 Å². The summed E-state index contributed by atoms with van der Waals surface area (Å²) in [4.78, 5) is 18.7. The lowest BCUT2D eigenvalue weighted by atomic mass is 9.96. The molecular formula is C38H48Cl2N2O8. The van der Waals surface area contributed by atoms with Crippen LogP contribution in [0.4, 0.5) is 0 Å². The number of pyridine rings is 1. The van der Waals surface area contributed by atoms with E-state index in [4.69, 9.17) is 37.8 Å². The summed E-state index contributed by atoms with van der Waals surface area (Å²) in [6, 6.07) is 13.8. The van der Waals surface area contributed by atoms with E-state index < -0.39 is 36.6 Å². The summed E-state index contributed by atoms with van der Waals surface area (Å²) in [5, 5.41) is 50.5. The first-order valence-electron chi connectivity index (χ1n) is 17.4. The normalized spacial score (nSPS) is 17.6. The summed E-state index contributed by atoms with van der Waals surface area (Å²) in [5.74, 6) is 0.294. The number of benzene rings is 2. The van der Waals surface area contributed by atoms with Gasteiger partial charge < -0.3 is 39.9 Å². The van der Waals surface area contributed by atoms with Gasteiger partial charge in [-0.1, -0.05) is 55.2 Å². The predicted octanol–water partition coefficient (Wildman–Crippen LogP) is 5.05. The van der Waals surface area contributed by atoms with Crippen molar-refractivity contribution in [3.8, 4) is 16.9 Å². The summed E-state index contributed by atoms with van der Waals surface area (Å²) >= 11 is 13.5. The molecule has 1 aromatic heterocycles. The quantitative estimate of drug-likeness (QED) is 0.107. The zero-order chi connectivity index (χ0) is 36.0. The van der Waals surface area contributed by atoms with E-state index in [0.29, 0.717) is 35.9 Å². The van der Waals surface area contributed by atoms with Crippen LogP contribution in [0.2, 0.25) is 10.0 Å². The fraction of sp³-hybridized carbons (Fsp3) is 0.526. The van der Waals surface area contributed by atoms with Crippen LogP contribution >= 0.6 is 23.2 Å². The lowest BCUT2D eigenvalue weighted by molar-refractivity contribution is -0.142. The van der Waals surface area contributed by atoms with Gasteiger partial charge >= 0.3 is 0 Å². The molecule has 4 atom stereocenters. The Hall–Kier alpha value is -2.80. The molecule has 50 heavy (non-hydrogen) atoms. The SMILES string of the molecule is CC(C)C(=O)N(CCCCc1cc(Cl)c(COC2(c3cnccc3-c3ccccc3OC3CC3)CC2)cc1Cl)CC(O)C(O)C(O)C(O)CO. The van der Waals surface area contributed by atoms with Gasteiger partial charge in [0.2, 0.25) is 5.91 Å². The summed E-state index contributed by atoms with van der Waals surface area (Å²) in [5.41, 5.74) is 4.26. The third kappa shape index (κ3) is 9.54. The first-order valence-corrected chi connectivity index (χ1v) is 18.1. The minimum Gasteiger partial charge on any atom is -0.490 e. The van der Waals surface area contributed by atoms with E-state index in [1.165, 1.54) is 4.90 Å². The number of aliphatic hydroxyl groups is 5. The molecule has 1 amide bonds. The van der Waals surface area contributed by atoms with Gasteiger partial charge in [-0.2, -0.15) is 0 Å². The zero-order valence-electron chi connectivity index (χ0n) is 28.5. The number of aromatic nitrogens is 1. The standard InChI is InChI=1S/C38H48Cl2N2O8/c1-23(2)37(48)42(20-32(44)35(46)36(47)33(45)21-43)16-6-5-7-24-17-31(40)25(18-30(24)39)22-49-38(13-14-38)29-19-41-15-12-27(29)28-8-3-4-9-34(28)50-26-10-11-26/h3-4,8-9,12,15,17-19,23,26,32-33,35-36,43-47H,5-7,10-11,13-14,16,20-22H2,1-2H3. The Morgan fingerprint density at radius 3 is 2.32 bits per heavy atom. The van der Waals surface area contributed by atoms with Crippen molar-refractivity contribution < 1.29 is 39.8 Å². The molecule has 0 bridgehead atoms. The average Bonchev–Trinajstić information content (AvgIpc) is 4.06. The number of aliphatic hydroxyl groups excluding tert-OH is 5. The molecule has 272 valence electrons. The van der Waals surface area contributed by atoms with Gasteiger partial charge in [0.15, 0.2) is 0 Å². The van der Waals surface area contributed by atoms with E-state index in [0.717, 1.165) is 59.3 Å². The molecule has 5 rings (SSSR count). The van der Waals surface area contributed by atoms with Gasteiger partial charge in [-0.25, -0.2) is 0 Å². The highest BCUT2D eigenvalue weighted by atomic mass is 35.5. The monoisotopic (exact) mass is 730 g/mol. The van der Waals surface area contributed by atoms with E-state index in [1.54, 1.807) is 20.0 Å². The maximum absolute atomic E-state index is 12.9. The molecule has 10 nitrogen and oxygen atoms in total. The summed E-state index contributed by atoms with van der Waals surface area (Å²) < 4.78 is 12.8. The Bertz CT molecular complexity index is 1600. The Morgan fingerprint density at radius 2 is 1.64 bits per heavy atom. The van der Waals surface area contributed by atoms with Crippen LogP contribution in [0.25, 0.3) is 11.1 Å². The predicted molar refractivity (Wildman–Crippen MR) is 191 cm³/mol. The number of carbonyl (C=O) groups excluding carboxylic acids is 1. The highest BCUT2D eigenvalue weighted by molar-refractivity contribution is 6.34. The number of ether oxygens (including phenoxy) is 2. The highest BCUT2D eigenvalue weighted by Gasteiger charge is 2.48. The second kappa shape index (κ2) is 17.1. The van der Waals surface area contributed by atoms with Crippen molar-refractivity contribution >= 4 is 29.1 Å². The van der Waals surface area contributed by atoms with E-state index in [2.05, 4.69) is 11.1 Å². The molecule has 2 fully saturated rings. The molecule has 4 unspecified atom stereocenters. The topological polar surface area (TPSA) is 153 Å². The lowest BCUT2D eigenvalue weighted by Crippen LogP contribution is -2.51. The van der Waals surface area contributed by atoms with E-state index in [1.807, 2.05) is 42.6 Å². The van der Waals surface area contributed by atoms with Crippen molar-refractivity contribution in [1.82, 2.24) is 9.88 Å². The number of para-hydroxylation sites is 1. The van der Waals surface area contributed by atoms with Crippen LogP contribution in [-0.4, -0.2) is 91.5 Å². The number of aryl methyl sites for hydroxylation is 1. The number of carbonyl (C=O) groups is 1. The van der Waals surface area contributed by atoms with Gasteiger partial charge in [0.1, 0.15) is 30.2 Å². The molecule has 2 aliphatic rings. The number of hydrogen-bond acceptors (Lipinski definition) is 9. The van der Waals surface area contributed by atoms with E-state index in [-0.39, 0.29) is 31.1 Å². The number of halogens is 2. The van der Waals surface area contributed by atoms with Crippen molar-refractivity contribution in [1.29, 1.82) is 0 Å². The second-order valence-corrected chi connectivity index (χ2v) is 14.6. The van der Waals surface area contributed by atoms with Gasteiger partial charge in [0, 0.05) is 52.6 Å². The lowest BCUT2D eigenvalue weighted by Gasteiger charge is -2.31. The Kier molecular flexibility index (Phi) is 13.2. The number of amides is 1. The van der Waals surface area contributed by atoms with Crippen LogP contribution in [0.1, 0.15) is 69.1 Å². The van der Waals surface area contributed by atoms with E-state index >= 15 is 0 Å². The largest absolute Gasteiger partial charge is 0.490 e. The molecular weight excluding hydrogens is 683 g/mol. The molecule has 0 saturated heterocycles. The number of hydrogen-bond donors (Lipinski definition) is 5.